The van der Waals surface area contributed by atoms with Crippen molar-refractivity contribution in [3.8, 4) is 11.5 Å². The van der Waals surface area contributed by atoms with E-state index in [1.807, 2.05) is 37.3 Å². The van der Waals surface area contributed by atoms with Crippen molar-refractivity contribution >= 4 is 16.9 Å². The lowest BCUT2D eigenvalue weighted by atomic mass is 10.0. The topological polar surface area (TPSA) is 60.7 Å². The Bertz CT molecular complexity index is 867. The zero-order valence-electron chi connectivity index (χ0n) is 14.5. The van der Waals surface area contributed by atoms with Crippen molar-refractivity contribution in [1.82, 2.24) is 5.32 Å². The third-order valence-corrected chi connectivity index (χ3v) is 4.18. The van der Waals surface area contributed by atoms with Crippen LogP contribution in [0, 0.1) is 0 Å². The molecule has 130 valence electrons. The first-order valence-electron chi connectivity index (χ1n) is 8.17. The van der Waals surface area contributed by atoms with E-state index in [0.29, 0.717) is 5.58 Å². The van der Waals surface area contributed by atoms with Gasteiger partial charge in [-0.2, -0.15) is 0 Å². The number of benzene rings is 2. The second kappa shape index (κ2) is 7.30. The first kappa shape index (κ1) is 16.9. The molecule has 0 bridgehead atoms. The number of hydrogen-bond donors (Lipinski definition) is 1. The van der Waals surface area contributed by atoms with Gasteiger partial charge in [-0.05, 0) is 48.4 Å². The third-order valence-electron chi connectivity index (χ3n) is 4.18. The molecule has 1 aromatic heterocycles. The van der Waals surface area contributed by atoms with Gasteiger partial charge in [0.2, 0.25) is 0 Å². The molecule has 1 atom stereocenters. The van der Waals surface area contributed by atoms with Gasteiger partial charge >= 0.3 is 0 Å². The summed E-state index contributed by atoms with van der Waals surface area (Å²) in [7, 11) is 3.24. The average Bonchev–Trinajstić information content (AvgIpc) is 3.09. The van der Waals surface area contributed by atoms with Crippen LogP contribution in [-0.2, 0) is 0 Å². The van der Waals surface area contributed by atoms with Gasteiger partial charge in [-0.25, -0.2) is 0 Å². The number of carbonyl (C=O) groups excluding carboxylic acids is 1. The summed E-state index contributed by atoms with van der Waals surface area (Å²) in [5, 5.41) is 3.86. The van der Waals surface area contributed by atoms with E-state index in [1.54, 1.807) is 32.4 Å². The maximum Gasteiger partial charge on any atom is 0.287 e. The molecule has 3 aromatic rings. The largest absolute Gasteiger partial charge is 0.497 e. The van der Waals surface area contributed by atoms with Gasteiger partial charge < -0.3 is 19.2 Å². The van der Waals surface area contributed by atoms with E-state index in [9.17, 15) is 4.79 Å². The average molecular weight is 339 g/mol. The van der Waals surface area contributed by atoms with Crippen LogP contribution in [0.3, 0.4) is 0 Å². The molecule has 3 rings (SSSR count). The van der Waals surface area contributed by atoms with Crippen LogP contribution >= 0.6 is 0 Å². The zero-order chi connectivity index (χ0) is 17.8. The fourth-order valence-electron chi connectivity index (χ4n) is 2.75. The SMILES string of the molecule is CCC(NC(=O)c1cc2cc(OC)ccc2o1)c1ccc(OC)cc1. The van der Waals surface area contributed by atoms with Gasteiger partial charge in [0.1, 0.15) is 17.1 Å². The van der Waals surface area contributed by atoms with Gasteiger partial charge in [0.05, 0.1) is 20.3 Å². The van der Waals surface area contributed by atoms with E-state index in [1.165, 1.54) is 0 Å². The maximum atomic E-state index is 12.6. The Hall–Kier alpha value is -2.95. The number of carbonyl (C=O) groups is 1. The van der Waals surface area contributed by atoms with E-state index < -0.39 is 0 Å². The Morgan fingerprint density at radius 1 is 1.04 bits per heavy atom. The lowest BCUT2D eigenvalue weighted by Crippen LogP contribution is -2.27. The van der Waals surface area contributed by atoms with Crippen LogP contribution in [0.25, 0.3) is 11.0 Å². The van der Waals surface area contributed by atoms with Gasteiger partial charge in [-0.15, -0.1) is 0 Å². The van der Waals surface area contributed by atoms with Crippen molar-refractivity contribution in [3.63, 3.8) is 0 Å². The first-order valence-corrected chi connectivity index (χ1v) is 8.17. The molecule has 1 amide bonds. The maximum absolute atomic E-state index is 12.6. The fraction of sp³-hybridized carbons (Fsp3) is 0.250. The summed E-state index contributed by atoms with van der Waals surface area (Å²) in [6, 6.07) is 14.8. The van der Waals surface area contributed by atoms with Gasteiger partial charge in [-0.3, -0.25) is 4.79 Å². The Kier molecular flexibility index (Phi) is 4.93. The molecule has 0 aliphatic carbocycles. The minimum atomic E-state index is -0.238. The Balaban J connectivity index is 1.79. The first-order chi connectivity index (χ1) is 12.1. The highest BCUT2D eigenvalue weighted by Crippen LogP contribution is 2.25. The van der Waals surface area contributed by atoms with Crippen LogP contribution in [0.5, 0.6) is 11.5 Å². The highest BCUT2D eigenvalue weighted by Gasteiger charge is 2.18. The predicted octanol–water partition coefficient (Wildman–Crippen LogP) is 4.33. The molecule has 0 fully saturated rings. The number of ether oxygens (including phenoxy) is 2. The highest BCUT2D eigenvalue weighted by atomic mass is 16.5. The van der Waals surface area contributed by atoms with Crippen LogP contribution in [-0.4, -0.2) is 20.1 Å². The van der Waals surface area contributed by atoms with Crippen LogP contribution in [0.2, 0.25) is 0 Å². The highest BCUT2D eigenvalue weighted by molar-refractivity contribution is 5.96. The number of rotatable bonds is 6. The van der Waals surface area contributed by atoms with E-state index in [0.717, 1.165) is 28.9 Å². The summed E-state index contributed by atoms with van der Waals surface area (Å²) < 4.78 is 16.0. The minimum Gasteiger partial charge on any atom is -0.497 e. The molecule has 0 aliphatic heterocycles. The van der Waals surface area contributed by atoms with Crippen molar-refractivity contribution in [2.45, 2.75) is 19.4 Å². The molecule has 0 spiro atoms. The van der Waals surface area contributed by atoms with Gasteiger partial charge in [0.15, 0.2) is 5.76 Å². The van der Waals surface area contributed by atoms with Crippen molar-refractivity contribution in [2.24, 2.45) is 0 Å². The summed E-state index contributed by atoms with van der Waals surface area (Å²) in [5.74, 6) is 1.56. The number of hydrogen-bond acceptors (Lipinski definition) is 4. The summed E-state index contributed by atoms with van der Waals surface area (Å²) >= 11 is 0. The smallest absolute Gasteiger partial charge is 0.287 e. The second-order valence-corrected chi connectivity index (χ2v) is 5.72. The molecule has 1 unspecified atom stereocenters. The lowest BCUT2D eigenvalue weighted by Gasteiger charge is -2.17. The van der Waals surface area contributed by atoms with Crippen molar-refractivity contribution in [2.75, 3.05) is 14.2 Å². The van der Waals surface area contributed by atoms with E-state index in [-0.39, 0.29) is 17.7 Å². The van der Waals surface area contributed by atoms with Crippen LogP contribution in [0.4, 0.5) is 0 Å². The predicted molar refractivity (Wildman–Crippen MR) is 96.3 cm³/mol. The molecule has 1 N–H and O–H groups in total. The molecule has 2 aromatic carbocycles. The van der Waals surface area contributed by atoms with Gasteiger partial charge in [0, 0.05) is 5.39 Å². The normalized spacial score (nSPS) is 12.0. The van der Waals surface area contributed by atoms with Crippen molar-refractivity contribution in [1.29, 1.82) is 0 Å². The molecule has 0 radical (unpaired) electrons. The number of furan rings is 1. The molecule has 0 saturated heterocycles. The monoisotopic (exact) mass is 339 g/mol. The molecule has 1 heterocycles. The van der Waals surface area contributed by atoms with Crippen molar-refractivity contribution < 1.29 is 18.7 Å². The minimum absolute atomic E-state index is 0.0962. The number of amides is 1. The number of methoxy groups -OCH3 is 2. The molecular formula is C20H21NO4. The molecule has 5 nitrogen and oxygen atoms in total. The zero-order valence-corrected chi connectivity index (χ0v) is 14.5. The summed E-state index contributed by atoms with van der Waals surface area (Å²) in [6.45, 7) is 2.03. The molecule has 0 aliphatic rings. The standard InChI is InChI=1S/C20H21NO4/c1-4-17(13-5-7-15(23-2)8-6-13)21-20(22)19-12-14-11-16(24-3)9-10-18(14)25-19/h5-12,17H,4H2,1-3H3,(H,21,22). The molecular weight excluding hydrogens is 318 g/mol. The molecule has 0 saturated carbocycles. The summed E-state index contributed by atoms with van der Waals surface area (Å²) in [5.41, 5.74) is 1.68. The van der Waals surface area contributed by atoms with Crippen molar-refractivity contribution in [3.05, 3.63) is 59.9 Å². The third kappa shape index (κ3) is 3.60. The number of fused-ring (bicyclic) bond motifs is 1. The lowest BCUT2D eigenvalue weighted by molar-refractivity contribution is 0.0909. The van der Waals surface area contributed by atoms with E-state index >= 15 is 0 Å². The number of nitrogens with one attached hydrogen (secondary N) is 1. The van der Waals surface area contributed by atoms with E-state index in [2.05, 4.69) is 5.32 Å². The molecule has 25 heavy (non-hydrogen) atoms. The summed E-state index contributed by atoms with van der Waals surface area (Å²) in [4.78, 5) is 12.6. The quantitative estimate of drug-likeness (QED) is 0.726. The summed E-state index contributed by atoms with van der Waals surface area (Å²) in [6.07, 6.45) is 0.770. The Labute approximate surface area is 146 Å². The van der Waals surface area contributed by atoms with Gasteiger partial charge in [0.25, 0.3) is 5.91 Å². The van der Waals surface area contributed by atoms with Crippen LogP contribution in [0.15, 0.2) is 52.9 Å². The van der Waals surface area contributed by atoms with E-state index in [4.69, 9.17) is 13.9 Å². The Morgan fingerprint density at radius 3 is 2.36 bits per heavy atom. The van der Waals surface area contributed by atoms with Gasteiger partial charge in [-0.1, -0.05) is 19.1 Å². The fourth-order valence-corrected chi connectivity index (χ4v) is 2.75. The van der Waals surface area contributed by atoms with Crippen LogP contribution < -0.4 is 14.8 Å². The molecule has 5 heteroatoms. The Morgan fingerprint density at radius 2 is 1.72 bits per heavy atom. The van der Waals surface area contributed by atoms with Crippen LogP contribution in [0.1, 0.15) is 35.5 Å². The second-order valence-electron chi connectivity index (χ2n) is 5.72.